The van der Waals surface area contributed by atoms with Crippen molar-refractivity contribution in [2.75, 3.05) is 20.1 Å². The number of hydrogen-bond donors (Lipinski definition) is 0. The summed E-state index contributed by atoms with van der Waals surface area (Å²) < 4.78 is 26.1. The lowest BCUT2D eigenvalue weighted by atomic mass is 10.1. The van der Waals surface area contributed by atoms with Gasteiger partial charge in [-0.1, -0.05) is 11.6 Å². The van der Waals surface area contributed by atoms with Gasteiger partial charge in [0.1, 0.15) is 0 Å². The van der Waals surface area contributed by atoms with Crippen molar-refractivity contribution in [3.05, 3.63) is 11.6 Å². The van der Waals surface area contributed by atoms with Gasteiger partial charge in [-0.05, 0) is 20.4 Å². The fraction of sp³-hybridized carbons (Fsp3) is 0.778. The van der Waals surface area contributed by atoms with Crippen molar-refractivity contribution in [3.8, 4) is 0 Å². The lowest BCUT2D eigenvalue weighted by Crippen LogP contribution is -2.36. The molecule has 1 aliphatic rings. The topological polar surface area (TPSA) is 3.24 Å². The summed E-state index contributed by atoms with van der Waals surface area (Å²) in [6.45, 7) is 2.39. The van der Waals surface area contributed by atoms with Crippen LogP contribution in [0.15, 0.2) is 11.6 Å². The summed E-state index contributed by atoms with van der Waals surface area (Å²) in [5.41, 5.74) is 0.813. The van der Waals surface area contributed by atoms with Crippen LogP contribution in [0.25, 0.3) is 0 Å². The average molecular weight is 175 g/mol. The van der Waals surface area contributed by atoms with Crippen molar-refractivity contribution < 1.29 is 8.78 Å². The van der Waals surface area contributed by atoms with E-state index in [-0.39, 0.29) is 13.0 Å². The first-order chi connectivity index (χ1) is 5.49. The zero-order valence-electron chi connectivity index (χ0n) is 7.61. The van der Waals surface area contributed by atoms with E-state index in [9.17, 15) is 8.78 Å². The van der Waals surface area contributed by atoms with Gasteiger partial charge in [0, 0.05) is 13.0 Å². The first kappa shape index (κ1) is 9.65. The Morgan fingerprint density at radius 2 is 2.17 bits per heavy atom. The molecule has 0 atom stereocenters. The SMILES string of the molecule is C/C1=C/CCN(C)CC(F)(F)C1. The lowest BCUT2D eigenvalue weighted by molar-refractivity contribution is -0.0270. The summed E-state index contributed by atoms with van der Waals surface area (Å²) in [5.74, 6) is -2.55. The fourth-order valence-corrected chi connectivity index (χ4v) is 1.54. The van der Waals surface area contributed by atoms with Gasteiger partial charge in [-0.25, -0.2) is 8.78 Å². The molecule has 0 radical (unpaired) electrons. The molecule has 1 aliphatic heterocycles. The molecule has 70 valence electrons. The predicted octanol–water partition coefficient (Wildman–Crippen LogP) is 2.29. The molecule has 12 heavy (non-hydrogen) atoms. The molecule has 0 unspecified atom stereocenters. The van der Waals surface area contributed by atoms with Crippen molar-refractivity contribution in [2.24, 2.45) is 0 Å². The molecule has 3 heteroatoms. The van der Waals surface area contributed by atoms with Crippen molar-refractivity contribution in [2.45, 2.75) is 25.7 Å². The van der Waals surface area contributed by atoms with Crippen molar-refractivity contribution in [1.29, 1.82) is 0 Å². The maximum Gasteiger partial charge on any atom is 0.264 e. The molecule has 0 aromatic rings. The van der Waals surface area contributed by atoms with E-state index in [1.54, 1.807) is 18.9 Å². The third-order valence-electron chi connectivity index (χ3n) is 2.04. The second kappa shape index (κ2) is 3.52. The minimum absolute atomic E-state index is 0.0860. The second-order valence-corrected chi connectivity index (χ2v) is 3.61. The van der Waals surface area contributed by atoms with Crippen LogP contribution >= 0.6 is 0 Å². The van der Waals surface area contributed by atoms with Gasteiger partial charge < -0.3 is 4.90 Å². The molecule has 0 saturated carbocycles. The Bertz CT molecular complexity index is 187. The van der Waals surface area contributed by atoms with E-state index in [2.05, 4.69) is 0 Å². The minimum Gasteiger partial charge on any atom is -0.300 e. The number of nitrogens with zero attached hydrogens (tertiary/aromatic N) is 1. The van der Waals surface area contributed by atoms with Gasteiger partial charge >= 0.3 is 0 Å². The van der Waals surface area contributed by atoms with E-state index < -0.39 is 5.92 Å². The van der Waals surface area contributed by atoms with Crippen LogP contribution in [-0.2, 0) is 0 Å². The third kappa shape index (κ3) is 2.89. The second-order valence-electron chi connectivity index (χ2n) is 3.61. The summed E-state index contributed by atoms with van der Waals surface area (Å²) in [5, 5.41) is 0. The molecule has 0 fully saturated rings. The first-order valence-corrected chi connectivity index (χ1v) is 4.22. The molecule has 0 N–H and O–H groups in total. The summed E-state index contributed by atoms with van der Waals surface area (Å²) in [6, 6.07) is 0. The molecule has 0 saturated heterocycles. The van der Waals surface area contributed by atoms with Crippen molar-refractivity contribution in [1.82, 2.24) is 4.90 Å². The largest absolute Gasteiger partial charge is 0.300 e. The van der Waals surface area contributed by atoms with Gasteiger partial charge in [0.25, 0.3) is 5.92 Å². The Hall–Kier alpha value is -0.440. The van der Waals surface area contributed by atoms with Gasteiger partial charge in [-0.15, -0.1) is 0 Å². The highest BCUT2D eigenvalue weighted by Crippen LogP contribution is 2.25. The zero-order valence-corrected chi connectivity index (χ0v) is 7.61. The summed E-state index contributed by atoms with van der Waals surface area (Å²) in [6.07, 6.45) is 2.71. The molecule has 0 aromatic heterocycles. The molecule has 0 bridgehead atoms. The number of halogens is 2. The number of allylic oxidation sites excluding steroid dienone is 1. The van der Waals surface area contributed by atoms with Crippen LogP contribution in [0.3, 0.4) is 0 Å². The quantitative estimate of drug-likeness (QED) is 0.510. The Kier molecular flexibility index (Phi) is 2.83. The van der Waals surface area contributed by atoms with E-state index in [4.69, 9.17) is 0 Å². The van der Waals surface area contributed by atoms with Crippen molar-refractivity contribution in [3.63, 3.8) is 0 Å². The van der Waals surface area contributed by atoms with Crippen LogP contribution < -0.4 is 0 Å². The molecule has 0 aliphatic carbocycles. The zero-order chi connectivity index (χ0) is 9.19. The standard InChI is InChI=1S/C9H15F2N/c1-8-4-3-5-12(2)7-9(10,11)6-8/h4H,3,5-7H2,1-2H3/b8-4-. The van der Waals surface area contributed by atoms with Gasteiger partial charge in [-0.3, -0.25) is 0 Å². The van der Waals surface area contributed by atoms with Crippen LogP contribution in [0.2, 0.25) is 0 Å². The smallest absolute Gasteiger partial charge is 0.264 e. The number of rotatable bonds is 0. The monoisotopic (exact) mass is 175 g/mol. The Morgan fingerprint density at radius 1 is 1.50 bits per heavy atom. The number of hydrogen-bond acceptors (Lipinski definition) is 1. The molecular formula is C9H15F2N. The molecule has 1 rings (SSSR count). The summed E-state index contributed by atoms with van der Waals surface area (Å²) >= 11 is 0. The van der Waals surface area contributed by atoms with Crippen LogP contribution in [0.5, 0.6) is 0 Å². The highest BCUT2D eigenvalue weighted by atomic mass is 19.3. The van der Waals surface area contributed by atoms with Crippen LogP contribution in [-0.4, -0.2) is 31.0 Å². The molecule has 0 amide bonds. The normalized spacial score (nSPS) is 30.2. The minimum atomic E-state index is -2.55. The Morgan fingerprint density at radius 3 is 2.83 bits per heavy atom. The summed E-state index contributed by atoms with van der Waals surface area (Å²) in [4.78, 5) is 1.68. The fourth-order valence-electron chi connectivity index (χ4n) is 1.54. The van der Waals surface area contributed by atoms with Gasteiger partial charge in [0.2, 0.25) is 0 Å². The Balaban J connectivity index is 2.67. The van der Waals surface area contributed by atoms with Gasteiger partial charge in [0.15, 0.2) is 0 Å². The molecule has 0 aromatic carbocycles. The number of alkyl halides is 2. The van der Waals surface area contributed by atoms with Gasteiger partial charge in [-0.2, -0.15) is 0 Å². The average Bonchev–Trinajstić information content (AvgIpc) is 1.81. The van der Waals surface area contributed by atoms with Crippen molar-refractivity contribution >= 4 is 0 Å². The van der Waals surface area contributed by atoms with Crippen LogP contribution in [0, 0.1) is 0 Å². The van der Waals surface area contributed by atoms with E-state index in [1.807, 2.05) is 6.08 Å². The lowest BCUT2D eigenvalue weighted by Gasteiger charge is -2.25. The van der Waals surface area contributed by atoms with E-state index in [0.717, 1.165) is 18.5 Å². The third-order valence-corrected chi connectivity index (χ3v) is 2.04. The first-order valence-electron chi connectivity index (χ1n) is 4.22. The molecule has 1 heterocycles. The molecule has 1 nitrogen and oxygen atoms in total. The van der Waals surface area contributed by atoms with E-state index >= 15 is 0 Å². The maximum absolute atomic E-state index is 13.1. The Labute approximate surface area is 72.1 Å². The molecular weight excluding hydrogens is 160 g/mol. The maximum atomic E-state index is 13.1. The highest BCUT2D eigenvalue weighted by molar-refractivity contribution is 5.03. The summed E-state index contributed by atoms with van der Waals surface area (Å²) in [7, 11) is 1.74. The molecule has 0 spiro atoms. The van der Waals surface area contributed by atoms with E-state index in [1.165, 1.54) is 0 Å². The van der Waals surface area contributed by atoms with Crippen LogP contribution in [0.4, 0.5) is 8.78 Å². The van der Waals surface area contributed by atoms with Gasteiger partial charge in [0.05, 0.1) is 6.54 Å². The predicted molar refractivity (Wildman–Crippen MR) is 45.4 cm³/mol. The van der Waals surface area contributed by atoms with Crippen LogP contribution in [0.1, 0.15) is 19.8 Å². The highest BCUT2D eigenvalue weighted by Gasteiger charge is 2.31. The van der Waals surface area contributed by atoms with E-state index in [0.29, 0.717) is 0 Å².